The molecule has 0 unspecified atom stereocenters. The number of piperidine rings is 1. The molecule has 0 radical (unpaired) electrons. The molecular formula is C33H40N2O7. The third kappa shape index (κ3) is 5.88. The van der Waals surface area contributed by atoms with Gasteiger partial charge in [-0.3, -0.25) is 9.36 Å². The van der Waals surface area contributed by atoms with E-state index in [1.807, 2.05) is 44.7 Å². The lowest BCUT2D eigenvalue weighted by Gasteiger charge is -2.42. The summed E-state index contributed by atoms with van der Waals surface area (Å²) in [6.07, 6.45) is 6.13. The first-order valence-corrected chi connectivity index (χ1v) is 14.6. The van der Waals surface area contributed by atoms with Crippen LogP contribution in [0.15, 0.2) is 42.6 Å². The number of carbonyl (C=O) groups is 3. The van der Waals surface area contributed by atoms with Crippen molar-refractivity contribution in [1.82, 2.24) is 9.47 Å². The van der Waals surface area contributed by atoms with Gasteiger partial charge in [-0.05, 0) is 95.2 Å². The van der Waals surface area contributed by atoms with Crippen LogP contribution in [0.3, 0.4) is 0 Å². The van der Waals surface area contributed by atoms with E-state index in [0.717, 1.165) is 30.4 Å². The van der Waals surface area contributed by atoms with Gasteiger partial charge in [0.05, 0.1) is 49.1 Å². The first kappa shape index (κ1) is 29.6. The Morgan fingerprint density at radius 2 is 1.67 bits per heavy atom. The molecule has 0 spiro atoms. The normalized spacial score (nSPS) is 19.3. The van der Waals surface area contributed by atoms with Crippen LogP contribution >= 0.6 is 0 Å². The van der Waals surface area contributed by atoms with E-state index < -0.39 is 17.7 Å². The standard InChI is InChI=1S/C33H40N2O7/c1-20-18-27(39-5)28(25-15-17-35(29(20)25)32(38)42-33(2,3)4)30(36)34-16-14-24(41-23-8-7-9-23)19-26(34)21-10-12-22(13-11-21)31(37)40-6/h10-13,15,17-18,23-24,26H,7-9,14,16,19H2,1-6H3/t24-,26-/m0/s1. The largest absolute Gasteiger partial charge is 0.496 e. The highest BCUT2D eigenvalue weighted by molar-refractivity contribution is 6.11. The molecule has 1 saturated heterocycles. The van der Waals surface area contributed by atoms with Crippen LogP contribution in [-0.2, 0) is 14.2 Å². The average molecular weight is 577 g/mol. The number of ether oxygens (including phenoxy) is 4. The molecule has 2 fully saturated rings. The van der Waals surface area contributed by atoms with Crippen LogP contribution in [0, 0.1) is 6.92 Å². The Morgan fingerprint density at radius 1 is 0.952 bits per heavy atom. The zero-order valence-corrected chi connectivity index (χ0v) is 25.3. The molecule has 224 valence electrons. The Kier molecular flexibility index (Phi) is 8.32. The number of benzene rings is 2. The van der Waals surface area contributed by atoms with E-state index in [9.17, 15) is 14.4 Å². The second-order valence-corrected chi connectivity index (χ2v) is 12.2. The summed E-state index contributed by atoms with van der Waals surface area (Å²) in [5.41, 5.74) is 2.48. The monoisotopic (exact) mass is 576 g/mol. The first-order valence-electron chi connectivity index (χ1n) is 14.6. The molecule has 1 aromatic heterocycles. The number of methoxy groups -OCH3 is 2. The Hall–Kier alpha value is -3.85. The van der Waals surface area contributed by atoms with Gasteiger partial charge in [0.2, 0.25) is 0 Å². The van der Waals surface area contributed by atoms with Gasteiger partial charge in [-0.25, -0.2) is 9.59 Å². The van der Waals surface area contributed by atoms with Crippen LogP contribution in [0.4, 0.5) is 4.79 Å². The second-order valence-electron chi connectivity index (χ2n) is 12.2. The molecule has 2 heterocycles. The summed E-state index contributed by atoms with van der Waals surface area (Å²) in [4.78, 5) is 41.5. The molecule has 2 aliphatic rings. The van der Waals surface area contributed by atoms with E-state index in [0.29, 0.717) is 40.7 Å². The van der Waals surface area contributed by atoms with Gasteiger partial charge in [0.1, 0.15) is 11.4 Å². The third-order valence-electron chi connectivity index (χ3n) is 8.12. The topological polar surface area (TPSA) is 96.3 Å². The number of aryl methyl sites for hydroxylation is 1. The van der Waals surface area contributed by atoms with Crippen LogP contribution < -0.4 is 4.74 Å². The van der Waals surface area contributed by atoms with Crippen LogP contribution in [0.5, 0.6) is 5.75 Å². The van der Waals surface area contributed by atoms with Crippen molar-refractivity contribution in [2.75, 3.05) is 20.8 Å². The molecule has 1 aliphatic heterocycles. The molecule has 1 amide bonds. The SMILES string of the molecule is COC(=O)c1ccc([C@@H]2C[C@@H](OC3CCC3)CCN2C(=O)c2c(OC)cc(C)c3c2ccn3C(=O)OC(C)(C)C)cc1. The highest BCUT2D eigenvalue weighted by Gasteiger charge is 2.37. The molecule has 9 nitrogen and oxygen atoms in total. The summed E-state index contributed by atoms with van der Waals surface area (Å²) < 4.78 is 24.1. The third-order valence-corrected chi connectivity index (χ3v) is 8.12. The summed E-state index contributed by atoms with van der Waals surface area (Å²) in [5.74, 6) is -0.159. The molecular weight excluding hydrogens is 536 g/mol. The van der Waals surface area contributed by atoms with Crippen LogP contribution in [0.1, 0.15) is 90.8 Å². The number of aromatic nitrogens is 1. The van der Waals surface area contributed by atoms with Gasteiger partial charge in [0.25, 0.3) is 5.91 Å². The van der Waals surface area contributed by atoms with Crippen molar-refractivity contribution in [2.24, 2.45) is 0 Å². The summed E-state index contributed by atoms with van der Waals surface area (Å²) in [6, 6.07) is 10.5. The number of carbonyl (C=O) groups excluding carboxylic acids is 3. The molecule has 3 aromatic rings. The minimum absolute atomic E-state index is 0.0258. The quantitative estimate of drug-likeness (QED) is 0.312. The zero-order valence-electron chi connectivity index (χ0n) is 25.3. The Balaban J connectivity index is 1.54. The number of hydrogen-bond acceptors (Lipinski definition) is 7. The van der Waals surface area contributed by atoms with Crippen molar-refractivity contribution in [1.29, 1.82) is 0 Å². The summed E-state index contributed by atoms with van der Waals surface area (Å²) >= 11 is 0. The molecule has 5 rings (SSSR count). The van der Waals surface area contributed by atoms with Crippen molar-refractivity contribution < 1.29 is 33.3 Å². The van der Waals surface area contributed by atoms with Gasteiger partial charge in [-0.15, -0.1) is 0 Å². The summed E-state index contributed by atoms with van der Waals surface area (Å²) in [5, 5.41) is 0.621. The van der Waals surface area contributed by atoms with Gasteiger partial charge in [-0.2, -0.15) is 0 Å². The Morgan fingerprint density at radius 3 is 2.26 bits per heavy atom. The number of rotatable bonds is 6. The van der Waals surface area contributed by atoms with E-state index in [1.165, 1.54) is 18.1 Å². The molecule has 1 saturated carbocycles. The zero-order chi connectivity index (χ0) is 30.2. The molecule has 0 N–H and O–H groups in total. The van der Waals surface area contributed by atoms with Gasteiger partial charge >= 0.3 is 12.1 Å². The number of amides is 1. The minimum Gasteiger partial charge on any atom is -0.496 e. The average Bonchev–Trinajstić information content (AvgIpc) is 3.39. The van der Waals surface area contributed by atoms with E-state index in [-0.39, 0.29) is 24.2 Å². The molecule has 2 aromatic carbocycles. The summed E-state index contributed by atoms with van der Waals surface area (Å²) in [7, 11) is 2.90. The first-order chi connectivity index (χ1) is 20.0. The van der Waals surface area contributed by atoms with Crippen LogP contribution in [-0.4, -0.2) is 66.0 Å². The molecule has 2 atom stereocenters. The summed E-state index contributed by atoms with van der Waals surface area (Å²) in [6.45, 7) is 7.83. The fourth-order valence-corrected chi connectivity index (χ4v) is 5.85. The lowest BCUT2D eigenvalue weighted by atomic mass is 9.90. The maximum atomic E-state index is 14.5. The van der Waals surface area contributed by atoms with Crippen molar-refractivity contribution in [3.05, 3.63) is 64.8 Å². The number of nitrogens with zero attached hydrogens (tertiary/aromatic N) is 2. The maximum absolute atomic E-state index is 14.5. The van der Waals surface area contributed by atoms with E-state index in [1.54, 1.807) is 37.6 Å². The fraction of sp³-hybridized carbons (Fsp3) is 0.485. The number of esters is 1. The molecule has 42 heavy (non-hydrogen) atoms. The van der Waals surface area contributed by atoms with Gasteiger partial charge in [0, 0.05) is 18.1 Å². The number of likely N-dealkylation sites (tertiary alicyclic amines) is 1. The van der Waals surface area contributed by atoms with Crippen molar-refractivity contribution in [3.8, 4) is 5.75 Å². The predicted molar refractivity (Wildman–Crippen MR) is 158 cm³/mol. The van der Waals surface area contributed by atoms with Crippen molar-refractivity contribution >= 4 is 28.9 Å². The van der Waals surface area contributed by atoms with Crippen LogP contribution in [0.25, 0.3) is 10.9 Å². The van der Waals surface area contributed by atoms with E-state index >= 15 is 0 Å². The molecule has 1 aliphatic carbocycles. The Labute approximate surface area is 246 Å². The highest BCUT2D eigenvalue weighted by atomic mass is 16.6. The van der Waals surface area contributed by atoms with Crippen molar-refractivity contribution in [2.45, 2.75) is 83.6 Å². The molecule has 9 heteroatoms. The van der Waals surface area contributed by atoms with Gasteiger partial charge < -0.3 is 23.8 Å². The lowest BCUT2D eigenvalue weighted by molar-refractivity contribution is -0.0809. The van der Waals surface area contributed by atoms with E-state index in [4.69, 9.17) is 18.9 Å². The maximum Gasteiger partial charge on any atom is 0.419 e. The minimum atomic E-state index is -0.671. The predicted octanol–water partition coefficient (Wildman–Crippen LogP) is 6.44. The van der Waals surface area contributed by atoms with Crippen molar-refractivity contribution in [3.63, 3.8) is 0 Å². The number of hydrogen-bond donors (Lipinski definition) is 0. The lowest BCUT2D eigenvalue weighted by Crippen LogP contribution is -2.44. The van der Waals surface area contributed by atoms with E-state index in [2.05, 4.69) is 0 Å². The fourth-order valence-electron chi connectivity index (χ4n) is 5.85. The number of fused-ring (bicyclic) bond motifs is 1. The Bertz CT molecular complexity index is 1480. The smallest absolute Gasteiger partial charge is 0.419 e. The highest BCUT2D eigenvalue weighted by Crippen LogP contribution is 2.39. The van der Waals surface area contributed by atoms with Crippen LogP contribution in [0.2, 0.25) is 0 Å². The van der Waals surface area contributed by atoms with Gasteiger partial charge in [-0.1, -0.05) is 12.1 Å². The van der Waals surface area contributed by atoms with Gasteiger partial charge in [0.15, 0.2) is 0 Å². The molecule has 0 bridgehead atoms. The second kappa shape index (κ2) is 11.8.